The van der Waals surface area contributed by atoms with Crippen molar-refractivity contribution in [1.29, 1.82) is 0 Å². The van der Waals surface area contributed by atoms with E-state index in [1.165, 1.54) is 5.57 Å². The summed E-state index contributed by atoms with van der Waals surface area (Å²) in [7, 11) is 1.72. The van der Waals surface area contributed by atoms with E-state index in [1.54, 1.807) is 13.2 Å². The van der Waals surface area contributed by atoms with Crippen LogP contribution in [0, 0.1) is 13.8 Å². The van der Waals surface area contributed by atoms with Gasteiger partial charge in [-0.1, -0.05) is 23.8 Å². The van der Waals surface area contributed by atoms with Gasteiger partial charge in [0.1, 0.15) is 11.4 Å². The Labute approximate surface area is 109 Å². The fourth-order valence-corrected chi connectivity index (χ4v) is 2.64. The average molecular weight is 244 g/mol. The summed E-state index contributed by atoms with van der Waals surface area (Å²) in [5.41, 5.74) is 3.91. The molecule has 0 radical (unpaired) electrons. The highest BCUT2D eigenvalue weighted by Crippen LogP contribution is 2.40. The quantitative estimate of drug-likeness (QED) is 0.858. The lowest BCUT2D eigenvalue weighted by molar-refractivity contribution is 0.0291. The first-order valence-corrected chi connectivity index (χ1v) is 6.21. The van der Waals surface area contributed by atoms with E-state index < -0.39 is 5.60 Å². The molecule has 0 amide bonds. The van der Waals surface area contributed by atoms with Gasteiger partial charge in [0, 0.05) is 13.5 Å². The van der Waals surface area contributed by atoms with Crippen molar-refractivity contribution in [1.82, 2.24) is 0 Å². The number of allylic oxidation sites excluding steroid dienone is 2. The van der Waals surface area contributed by atoms with Gasteiger partial charge in [-0.2, -0.15) is 0 Å². The Morgan fingerprint density at radius 3 is 2.50 bits per heavy atom. The molecule has 2 heteroatoms. The van der Waals surface area contributed by atoms with Gasteiger partial charge >= 0.3 is 0 Å². The third-order valence-corrected chi connectivity index (χ3v) is 3.77. The van der Waals surface area contributed by atoms with Crippen LogP contribution in [0.4, 0.5) is 0 Å². The first-order valence-electron chi connectivity index (χ1n) is 6.21. The van der Waals surface area contributed by atoms with Crippen molar-refractivity contribution in [2.24, 2.45) is 0 Å². The summed E-state index contributed by atoms with van der Waals surface area (Å²) < 4.78 is 5.79. The van der Waals surface area contributed by atoms with Gasteiger partial charge in [-0.25, -0.2) is 0 Å². The third kappa shape index (κ3) is 1.97. The van der Waals surface area contributed by atoms with Gasteiger partial charge in [0.15, 0.2) is 0 Å². The third-order valence-electron chi connectivity index (χ3n) is 3.77. The molecule has 2 rings (SSSR count). The van der Waals surface area contributed by atoms with Crippen LogP contribution in [-0.2, 0) is 10.3 Å². The van der Waals surface area contributed by atoms with E-state index in [-0.39, 0.29) is 0 Å². The van der Waals surface area contributed by atoms with Crippen molar-refractivity contribution in [3.63, 3.8) is 0 Å². The van der Waals surface area contributed by atoms with Crippen molar-refractivity contribution in [3.8, 4) is 5.75 Å². The first kappa shape index (κ1) is 12.9. The highest BCUT2D eigenvalue weighted by Gasteiger charge is 2.33. The molecular weight excluding hydrogens is 224 g/mol. The summed E-state index contributed by atoms with van der Waals surface area (Å²) in [6, 6.07) is 3.68. The number of ether oxygens (including phenoxy) is 1. The normalized spacial score (nSPS) is 23.0. The zero-order valence-corrected chi connectivity index (χ0v) is 11.4. The predicted molar refractivity (Wildman–Crippen MR) is 73.8 cm³/mol. The van der Waals surface area contributed by atoms with Gasteiger partial charge in [0.2, 0.25) is 0 Å². The van der Waals surface area contributed by atoms with Crippen LogP contribution in [0.3, 0.4) is 0 Å². The highest BCUT2D eigenvalue weighted by atomic mass is 16.5. The number of rotatable bonds is 2. The Morgan fingerprint density at radius 1 is 1.22 bits per heavy atom. The minimum atomic E-state index is -0.452. The SMILES string of the molecule is COC1(c2c(C)ccc(O)c2C)C=CC(C)=CC1. The average Bonchev–Trinajstić information content (AvgIpc) is 2.37. The monoisotopic (exact) mass is 244 g/mol. The second-order valence-corrected chi connectivity index (χ2v) is 4.98. The van der Waals surface area contributed by atoms with E-state index in [9.17, 15) is 5.11 Å². The molecule has 0 saturated carbocycles. The largest absolute Gasteiger partial charge is 0.508 e. The van der Waals surface area contributed by atoms with E-state index in [1.807, 2.05) is 13.0 Å². The molecule has 1 unspecified atom stereocenters. The summed E-state index contributed by atoms with van der Waals surface area (Å²) in [5.74, 6) is 0.326. The maximum absolute atomic E-state index is 9.92. The van der Waals surface area contributed by atoms with Crippen LogP contribution in [0.15, 0.2) is 35.9 Å². The molecule has 0 saturated heterocycles. The summed E-state index contributed by atoms with van der Waals surface area (Å²) in [4.78, 5) is 0. The number of aryl methyl sites for hydroxylation is 1. The number of phenolic OH excluding ortho intramolecular Hbond substituents is 1. The summed E-state index contributed by atoms with van der Waals surface area (Å²) >= 11 is 0. The molecule has 0 bridgehead atoms. The van der Waals surface area contributed by atoms with Crippen LogP contribution in [0.25, 0.3) is 0 Å². The molecular formula is C16H20O2. The molecule has 0 aliphatic heterocycles. The number of aromatic hydroxyl groups is 1. The molecule has 1 aromatic rings. The molecule has 1 N–H and O–H groups in total. The smallest absolute Gasteiger partial charge is 0.118 e. The van der Waals surface area contributed by atoms with Gasteiger partial charge in [-0.15, -0.1) is 0 Å². The van der Waals surface area contributed by atoms with Crippen LogP contribution < -0.4 is 0 Å². The Morgan fingerprint density at radius 2 is 1.94 bits per heavy atom. The van der Waals surface area contributed by atoms with Crippen LogP contribution in [-0.4, -0.2) is 12.2 Å². The Hall–Kier alpha value is -1.54. The molecule has 0 aromatic heterocycles. The molecule has 1 aliphatic rings. The van der Waals surface area contributed by atoms with E-state index >= 15 is 0 Å². The lowest BCUT2D eigenvalue weighted by atomic mass is 9.80. The number of methoxy groups -OCH3 is 1. The topological polar surface area (TPSA) is 29.5 Å². The summed E-state index contributed by atoms with van der Waals surface area (Å²) in [6.07, 6.45) is 7.15. The Kier molecular flexibility index (Phi) is 3.31. The second kappa shape index (κ2) is 4.62. The number of benzene rings is 1. The molecule has 0 spiro atoms. The van der Waals surface area contributed by atoms with Crippen molar-refractivity contribution >= 4 is 0 Å². The van der Waals surface area contributed by atoms with Gasteiger partial charge in [-0.3, -0.25) is 0 Å². The Balaban J connectivity index is 2.60. The van der Waals surface area contributed by atoms with Crippen molar-refractivity contribution in [2.75, 3.05) is 7.11 Å². The number of hydrogen-bond acceptors (Lipinski definition) is 2. The summed E-state index contributed by atoms with van der Waals surface area (Å²) in [5, 5.41) is 9.92. The van der Waals surface area contributed by atoms with Crippen LogP contribution in [0.5, 0.6) is 5.75 Å². The first-order chi connectivity index (χ1) is 8.50. The maximum Gasteiger partial charge on any atom is 0.118 e. The van der Waals surface area contributed by atoms with Crippen molar-refractivity contribution in [3.05, 3.63) is 52.6 Å². The van der Waals surface area contributed by atoms with E-state index in [0.29, 0.717) is 5.75 Å². The fourth-order valence-electron chi connectivity index (χ4n) is 2.64. The zero-order valence-electron chi connectivity index (χ0n) is 11.4. The van der Waals surface area contributed by atoms with Gasteiger partial charge in [0.05, 0.1) is 0 Å². The molecule has 18 heavy (non-hydrogen) atoms. The predicted octanol–water partition coefficient (Wildman–Crippen LogP) is 3.76. The van der Waals surface area contributed by atoms with E-state index in [0.717, 1.165) is 23.1 Å². The molecule has 2 nitrogen and oxygen atoms in total. The standard InChI is InChI=1S/C16H20O2/c1-11-7-9-16(18-4,10-8-11)15-12(2)5-6-14(17)13(15)3/h5-9,17H,10H2,1-4H3. The van der Waals surface area contributed by atoms with Crippen molar-refractivity contribution in [2.45, 2.75) is 32.8 Å². The minimum absolute atomic E-state index is 0.326. The van der Waals surface area contributed by atoms with Crippen LogP contribution >= 0.6 is 0 Å². The van der Waals surface area contributed by atoms with E-state index in [4.69, 9.17) is 4.74 Å². The van der Waals surface area contributed by atoms with Gasteiger partial charge < -0.3 is 9.84 Å². The molecule has 1 atom stereocenters. The molecule has 1 aliphatic carbocycles. The van der Waals surface area contributed by atoms with E-state index in [2.05, 4.69) is 32.1 Å². The Bertz CT molecular complexity index is 526. The van der Waals surface area contributed by atoms with Gasteiger partial charge in [0.25, 0.3) is 0 Å². The number of phenols is 1. The zero-order chi connectivity index (χ0) is 13.3. The molecule has 0 fully saturated rings. The molecule has 0 heterocycles. The lowest BCUT2D eigenvalue weighted by Crippen LogP contribution is -2.29. The van der Waals surface area contributed by atoms with Gasteiger partial charge in [-0.05, 0) is 49.6 Å². The molecule has 96 valence electrons. The number of hydrogen-bond donors (Lipinski definition) is 1. The van der Waals surface area contributed by atoms with Crippen LogP contribution in [0.1, 0.15) is 30.0 Å². The van der Waals surface area contributed by atoms with Crippen LogP contribution in [0.2, 0.25) is 0 Å². The van der Waals surface area contributed by atoms with Crippen molar-refractivity contribution < 1.29 is 9.84 Å². The highest BCUT2D eigenvalue weighted by molar-refractivity contribution is 5.49. The maximum atomic E-state index is 9.92. The minimum Gasteiger partial charge on any atom is -0.508 e. The second-order valence-electron chi connectivity index (χ2n) is 4.98. The lowest BCUT2D eigenvalue weighted by Gasteiger charge is -2.34. The fraction of sp³-hybridized carbons (Fsp3) is 0.375. The summed E-state index contributed by atoms with van der Waals surface area (Å²) in [6.45, 7) is 6.08. The molecule has 1 aromatic carbocycles.